The molecule has 1 rings (SSSR count). The summed E-state index contributed by atoms with van der Waals surface area (Å²) in [6, 6.07) is 3.22. The highest BCUT2D eigenvalue weighted by molar-refractivity contribution is 7.90. The van der Waals surface area contributed by atoms with Gasteiger partial charge in [-0.1, -0.05) is 11.8 Å². The van der Waals surface area contributed by atoms with Gasteiger partial charge in [0.05, 0.1) is 6.54 Å². The van der Waals surface area contributed by atoms with E-state index in [1.165, 1.54) is 20.3 Å². The van der Waals surface area contributed by atoms with Crippen LogP contribution < -0.4 is 10.5 Å². The van der Waals surface area contributed by atoms with Gasteiger partial charge < -0.3 is 5.73 Å². The van der Waals surface area contributed by atoms with Crippen molar-refractivity contribution < 1.29 is 8.42 Å². The van der Waals surface area contributed by atoms with Gasteiger partial charge in [0, 0.05) is 25.9 Å². The maximum atomic E-state index is 11.5. The normalized spacial score (nSPS) is 10.8. The van der Waals surface area contributed by atoms with Crippen molar-refractivity contribution in [3.63, 3.8) is 0 Å². The van der Waals surface area contributed by atoms with Gasteiger partial charge in [-0.05, 0) is 12.1 Å². The third-order valence-electron chi connectivity index (χ3n) is 1.81. The SMILES string of the molecule is CN(C)S(=O)(=O)Nc1cc(C#CCN)ccn1. The van der Waals surface area contributed by atoms with Gasteiger partial charge in [-0.2, -0.15) is 12.7 Å². The van der Waals surface area contributed by atoms with Crippen LogP contribution >= 0.6 is 0 Å². The van der Waals surface area contributed by atoms with Crippen LogP contribution in [-0.2, 0) is 10.2 Å². The molecule has 0 fully saturated rings. The zero-order valence-corrected chi connectivity index (χ0v) is 10.5. The van der Waals surface area contributed by atoms with E-state index in [2.05, 4.69) is 21.5 Å². The third kappa shape index (κ3) is 4.03. The van der Waals surface area contributed by atoms with E-state index in [1.807, 2.05) is 0 Å². The minimum atomic E-state index is -3.54. The fraction of sp³-hybridized carbons (Fsp3) is 0.300. The van der Waals surface area contributed by atoms with Crippen LogP contribution in [0.25, 0.3) is 0 Å². The van der Waals surface area contributed by atoms with Crippen LogP contribution in [-0.4, -0.2) is 38.3 Å². The quantitative estimate of drug-likeness (QED) is 0.719. The van der Waals surface area contributed by atoms with Gasteiger partial charge in [-0.25, -0.2) is 4.98 Å². The van der Waals surface area contributed by atoms with Gasteiger partial charge in [-0.15, -0.1) is 0 Å². The Balaban J connectivity index is 2.94. The second-order valence-electron chi connectivity index (χ2n) is 3.33. The number of nitrogens with two attached hydrogens (primary N) is 1. The highest BCUT2D eigenvalue weighted by Gasteiger charge is 2.13. The average molecular weight is 254 g/mol. The average Bonchev–Trinajstić information content (AvgIpc) is 2.26. The van der Waals surface area contributed by atoms with Crippen LogP contribution in [0.3, 0.4) is 0 Å². The maximum absolute atomic E-state index is 11.5. The van der Waals surface area contributed by atoms with E-state index < -0.39 is 10.2 Å². The molecule has 0 atom stereocenters. The lowest BCUT2D eigenvalue weighted by atomic mass is 10.2. The van der Waals surface area contributed by atoms with Crippen molar-refractivity contribution in [1.29, 1.82) is 0 Å². The summed E-state index contributed by atoms with van der Waals surface area (Å²) in [7, 11) is -0.679. The zero-order chi connectivity index (χ0) is 12.9. The molecule has 0 aromatic carbocycles. The molecule has 6 nitrogen and oxygen atoms in total. The lowest BCUT2D eigenvalue weighted by Gasteiger charge is -2.12. The lowest BCUT2D eigenvalue weighted by Crippen LogP contribution is -2.29. The van der Waals surface area contributed by atoms with Gasteiger partial charge >= 0.3 is 10.2 Å². The molecule has 0 bridgehead atoms. The van der Waals surface area contributed by atoms with Gasteiger partial charge in [0.15, 0.2) is 0 Å². The summed E-state index contributed by atoms with van der Waals surface area (Å²) < 4.78 is 26.5. The number of hydrogen-bond donors (Lipinski definition) is 2. The van der Waals surface area contributed by atoms with E-state index in [-0.39, 0.29) is 12.4 Å². The van der Waals surface area contributed by atoms with Crippen LogP contribution in [0.2, 0.25) is 0 Å². The van der Waals surface area contributed by atoms with Gasteiger partial charge in [0.1, 0.15) is 5.82 Å². The van der Waals surface area contributed by atoms with E-state index >= 15 is 0 Å². The summed E-state index contributed by atoms with van der Waals surface area (Å²) in [5.74, 6) is 5.70. The molecule has 3 N–H and O–H groups in total. The van der Waals surface area contributed by atoms with Crippen molar-refractivity contribution >= 4 is 16.0 Å². The van der Waals surface area contributed by atoms with E-state index in [0.29, 0.717) is 5.56 Å². The second kappa shape index (κ2) is 5.63. The molecular weight excluding hydrogens is 240 g/mol. The molecule has 17 heavy (non-hydrogen) atoms. The fourth-order valence-corrected chi connectivity index (χ4v) is 1.50. The minimum absolute atomic E-state index is 0.225. The summed E-state index contributed by atoms with van der Waals surface area (Å²) in [5.41, 5.74) is 5.90. The largest absolute Gasteiger partial charge is 0.320 e. The highest BCUT2D eigenvalue weighted by Crippen LogP contribution is 2.08. The van der Waals surface area contributed by atoms with Crippen molar-refractivity contribution in [2.45, 2.75) is 0 Å². The van der Waals surface area contributed by atoms with Crippen molar-refractivity contribution in [1.82, 2.24) is 9.29 Å². The molecule has 0 radical (unpaired) electrons. The smallest absolute Gasteiger partial charge is 0.302 e. The van der Waals surface area contributed by atoms with Crippen LogP contribution in [0, 0.1) is 11.8 Å². The molecule has 1 heterocycles. The molecule has 0 unspecified atom stereocenters. The van der Waals surface area contributed by atoms with E-state index in [1.54, 1.807) is 12.1 Å². The Morgan fingerprint density at radius 1 is 1.53 bits per heavy atom. The Morgan fingerprint density at radius 2 is 2.24 bits per heavy atom. The molecule has 0 amide bonds. The summed E-state index contributed by atoms with van der Waals surface area (Å²) in [5, 5.41) is 0. The molecule has 0 aliphatic rings. The van der Waals surface area contributed by atoms with E-state index in [4.69, 9.17) is 5.73 Å². The van der Waals surface area contributed by atoms with Crippen molar-refractivity contribution in [3.8, 4) is 11.8 Å². The molecule has 1 aromatic rings. The molecule has 0 spiro atoms. The highest BCUT2D eigenvalue weighted by atomic mass is 32.2. The van der Waals surface area contributed by atoms with Crippen LogP contribution in [0.1, 0.15) is 5.56 Å². The lowest BCUT2D eigenvalue weighted by molar-refractivity contribution is 0.526. The Morgan fingerprint density at radius 3 is 2.82 bits per heavy atom. The standard InChI is InChI=1S/C10H14N4O2S/c1-14(2)17(15,16)13-10-8-9(4-3-6-11)5-7-12-10/h5,7-8H,6,11H2,1-2H3,(H,12,13). The first-order valence-corrected chi connectivity index (χ1v) is 6.25. The fourth-order valence-electron chi connectivity index (χ4n) is 0.941. The first-order chi connectivity index (χ1) is 7.95. The molecule has 1 aromatic heterocycles. The predicted molar refractivity (Wildman–Crippen MR) is 66.4 cm³/mol. The van der Waals surface area contributed by atoms with Gasteiger partial charge in [0.2, 0.25) is 0 Å². The zero-order valence-electron chi connectivity index (χ0n) is 9.64. The number of aromatic nitrogens is 1. The minimum Gasteiger partial charge on any atom is -0.320 e. The first-order valence-electron chi connectivity index (χ1n) is 4.81. The monoisotopic (exact) mass is 254 g/mol. The predicted octanol–water partition coefficient (Wildman–Crippen LogP) is -0.390. The molecule has 0 saturated carbocycles. The number of nitrogens with one attached hydrogen (secondary N) is 1. The topological polar surface area (TPSA) is 88.3 Å². The van der Waals surface area contributed by atoms with E-state index in [9.17, 15) is 8.42 Å². The number of nitrogens with zero attached hydrogens (tertiary/aromatic N) is 2. The van der Waals surface area contributed by atoms with Gasteiger partial charge in [0.25, 0.3) is 0 Å². The number of rotatable bonds is 3. The van der Waals surface area contributed by atoms with Crippen LogP contribution in [0.5, 0.6) is 0 Å². The first kappa shape index (κ1) is 13.4. The molecule has 0 aliphatic heterocycles. The Hall–Kier alpha value is -1.62. The second-order valence-corrected chi connectivity index (χ2v) is 5.21. The molecular formula is C10H14N4O2S. The molecule has 0 aliphatic carbocycles. The summed E-state index contributed by atoms with van der Waals surface area (Å²) in [4.78, 5) is 3.90. The number of anilines is 1. The van der Waals surface area contributed by atoms with Crippen molar-refractivity contribution in [2.24, 2.45) is 5.73 Å². The van der Waals surface area contributed by atoms with Crippen LogP contribution in [0.4, 0.5) is 5.82 Å². The van der Waals surface area contributed by atoms with Gasteiger partial charge in [-0.3, -0.25) is 4.72 Å². The van der Waals surface area contributed by atoms with Crippen LogP contribution in [0.15, 0.2) is 18.3 Å². The van der Waals surface area contributed by atoms with Crippen molar-refractivity contribution in [2.75, 3.05) is 25.4 Å². The Kier molecular flexibility index (Phi) is 4.45. The van der Waals surface area contributed by atoms with E-state index in [0.717, 1.165) is 4.31 Å². The number of pyridine rings is 1. The maximum Gasteiger partial charge on any atom is 0.302 e. The summed E-state index contributed by atoms with van der Waals surface area (Å²) >= 11 is 0. The summed E-state index contributed by atoms with van der Waals surface area (Å²) in [6.07, 6.45) is 1.48. The molecule has 92 valence electrons. The Bertz CT molecular complexity index is 543. The third-order valence-corrected chi connectivity index (χ3v) is 3.24. The summed E-state index contributed by atoms with van der Waals surface area (Å²) in [6.45, 7) is 0.251. The number of hydrogen-bond acceptors (Lipinski definition) is 4. The molecule has 7 heteroatoms. The Labute approximate surface area is 101 Å². The molecule has 0 saturated heterocycles. The van der Waals surface area contributed by atoms with Crippen molar-refractivity contribution in [3.05, 3.63) is 23.9 Å².